The summed E-state index contributed by atoms with van der Waals surface area (Å²) < 4.78 is 5.44. The number of nitrogens with one attached hydrogen (secondary N) is 2. The lowest BCUT2D eigenvalue weighted by Crippen LogP contribution is -2.10. The first-order valence-corrected chi connectivity index (χ1v) is 8.99. The maximum atomic E-state index is 12.9. The zero-order valence-corrected chi connectivity index (χ0v) is 15.7. The Morgan fingerprint density at radius 3 is 2.57 bits per heavy atom. The minimum absolute atomic E-state index is 0.161. The van der Waals surface area contributed by atoms with Crippen LogP contribution < -0.4 is 21.1 Å². The van der Waals surface area contributed by atoms with Crippen LogP contribution in [0.25, 0.3) is 11.3 Å². The molecule has 3 aromatic carbocycles. The minimum atomic E-state index is -0.161. The fourth-order valence-electron chi connectivity index (χ4n) is 3.36. The molecule has 1 amide bonds. The summed E-state index contributed by atoms with van der Waals surface area (Å²) in [5.41, 5.74) is 12.2. The van der Waals surface area contributed by atoms with Crippen molar-refractivity contribution in [1.29, 1.82) is 0 Å². The fourth-order valence-corrected chi connectivity index (χ4v) is 3.36. The van der Waals surface area contributed by atoms with Gasteiger partial charge in [0.15, 0.2) is 0 Å². The van der Waals surface area contributed by atoms with E-state index >= 15 is 0 Å². The van der Waals surface area contributed by atoms with E-state index in [9.17, 15) is 4.79 Å². The number of fused-ring (bicyclic) bond motifs is 1. The van der Waals surface area contributed by atoms with E-state index in [0.717, 1.165) is 33.8 Å². The summed E-state index contributed by atoms with van der Waals surface area (Å²) in [5, 5.41) is 6.35. The molecule has 4 rings (SSSR count). The average Bonchev–Trinajstić information content (AvgIpc) is 3.03. The van der Waals surface area contributed by atoms with Crippen LogP contribution in [0, 0.1) is 6.92 Å². The largest absolute Gasteiger partial charge is 0.496 e. The fraction of sp³-hybridized carbons (Fsp3) is 0.0870. The van der Waals surface area contributed by atoms with Gasteiger partial charge in [-0.3, -0.25) is 4.79 Å². The lowest BCUT2D eigenvalue weighted by molar-refractivity contribution is -0.110. The van der Waals surface area contributed by atoms with E-state index in [1.165, 1.54) is 0 Å². The Labute approximate surface area is 163 Å². The second kappa shape index (κ2) is 7.12. The number of carbonyl (C=O) groups is 1. The number of hydrogen-bond donors (Lipinski definition) is 3. The number of nitrogen functional groups attached to an aromatic ring is 1. The van der Waals surface area contributed by atoms with E-state index < -0.39 is 0 Å². The first-order valence-electron chi connectivity index (χ1n) is 8.99. The van der Waals surface area contributed by atoms with E-state index in [2.05, 4.69) is 10.6 Å². The van der Waals surface area contributed by atoms with Crippen molar-refractivity contribution in [2.75, 3.05) is 23.5 Å². The number of ether oxygens (including phenoxy) is 1. The molecule has 5 heteroatoms. The molecule has 1 aliphatic heterocycles. The van der Waals surface area contributed by atoms with Crippen LogP contribution in [0.15, 0.2) is 66.7 Å². The highest BCUT2D eigenvalue weighted by Gasteiger charge is 2.28. The number of anilines is 3. The number of nitrogens with two attached hydrogens (primary N) is 1. The molecule has 0 radical (unpaired) electrons. The molecule has 1 aliphatic rings. The van der Waals surface area contributed by atoms with Gasteiger partial charge in [-0.15, -0.1) is 0 Å². The Morgan fingerprint density at radius 1 is 1.04 bits per heavy atom. The van der Waals surface area contributed by atoms with Crippen molar-refractivity contribution in [3.8, 4) is 5.75 Å². The van der Waals surface area contributed by atoms with Crippen LogP contribution in [0.5, 0.6) is 5.75 Å². The van der Waals surface area contributed by atoms with Crippen molar-refractivity contribution in [1.82, 2.24) is 0 Å². The third-order valence-electron chi connectivity index (χ3n) is 4.78. The summed E-state index contributed by atoms with van der Waals surface area (Å²) in [7, 11) is 1.64. The quantitative estimate of drug-likeness (QED) is 0.466. The van der Waals surface area contributed by atoms with Crippen LogP contribution in [-0.2, 0) is 4.79 Å². The molecular formula is C23H21N3O2. The van der Waals surface area contributed by atoms with Gasteiger partial charge in [0.1, 0.15) is 5.75 Å². The second-order valence-corrected chi connectivity index (χ2v) is 6.68. The molecule has 0 bridgehead atoms. The highest BCUT2D eigenvalue weighted by atomic mass is 16.5. The van der Waals surface area contributed by atoms with Gasteiger partial charge in [-0.25, -0.2) is 0 Å². The van der Waals surface area contributed by atoms with Crippen molar-refractivity contribution in [3.63, 3.8) is 0 Å². The number of carbonyl (C=O) groups excluding carboxylic acids is 1. The highest BCUT2D eigenvalue weighted by molar-refractivity contribution is 6.37. The van der Waals surface area contributed by atoms with E-state index in [1.807, 2.05) is 67.6 Å². The predicted octanol–water partition coefficient (Wildman–Crippen LogP) is 4.52. The number of benzene rings is 3. The summed E-state index contributed by atoms with van der Waals surface area (Å²) in [6.45, 7) is 1.99. The minimum Gasteiger partial charge on any atom is -0.496 e. The first kappa shape index (κ1) is 17.7. The Kier molecular flexibility index (Phi) is 4.49. The Hall–Kier alpha value is -3.73. The van der Waals surface area contributed by atoms with Crippen molar-refractivity contribution >= 4 is 34.2 Å². The monoisotopic (exact) mass is 371 g/mol. The highest BCUT2D eigenvalue weighted by Crippen LogP contribution is 2.38. The lowest BCUT2D eigenvalue weighted by atomic mass is 9.99. The van der Waals surface area contributed by atoms with E-state index in [1.54, 1.807) is 13.2 Å². The maximum absolute atomic E-state index is 12.9. The standard InChI is InChI=1S/C23H21N3O2/c1-14-8-10-17(13-20(14)28-2)25-22(15-6-4-3-5-7-15)21-18-12-16(24)9-11-19(18)26-23(21)27/h3-13,25H,24H2,1-2H3,(H,26,27). The van der Waals surface area contributed by atoms with Gasteiger partial charge in [0.25, 0.3) is 5.91 Å². The molecule has 3 aromatic rings. The molecule has 0 fully saturated rings. The van der Waals surface area contributed by atoms with Crippen LogP contribution in [0.1, 0.15) is 16.7 Å². The number of rotatable bonds is 4. The molecule has 0 atom stereocenters. The molecule has 0 saturated carbocycles. The maximum Gasteiger partial charge on any atom is 0.258 e. The molecule has 0 saturated heterocycles. The number of methoxy groups -OCH3 is 1. The molecule has 0 unspecified atom stereocenters. The normalized spacial score (nSPS) is 14.3. The van der Waals surface area contributed by atoms with E-state index in [-0.39, 0.29) is 5.91 Å². The van der Waals surface area contributed by atoms with Crippen LogP contribution in [-0.4, -0.2) is 13.0 Å². The zero-order valence-electron chi connectivity index (χ0n) is 15.7. The van der Waals surface area contributed by atoms with Gasteiger partial charge in [-0.1, -0.05) is 36.4 Å². The second-order valence-electron chi connectivity index (χ2n) is 6.68. The van der Waals surface area contributed by atoms with Crippen LogP contribution in [0.4, 0.5) is 17.1 Å². The van der Waals surface area contributed by atoms with E-state index in [0.29, 0.717) is 17.0 Å². The van der Waals surface area contributed by atoms with Gasteiger partial charge in [-0.05, 0) is 42.3 Å². The first-order chi connectivity index (χ1) is 13.6. The molecule has 1 heterocycles. The molecule has 0 aromatic heterocycles. The van der Waals surface area contributed by atoms with Crippen LogP contribution in [0.3, 0.4) is 0 Å². The Balaban J connectivity index is 1.90. The van der Waals surface area contributed by atoms with Crippen LogP contribution in [0.2, 0.25) is 0 Å². The summed E-state index contributed by atoms with van der Waals surface area (Å²) in [4.78, 5) is 12.9. The zero-order chi connectivity index (χ0) is 19.7. The summed E-state index contributed by atoms with van der Waals surface area (Å²) in [6, 6.07) is 21.1. The molecule has 0 aliphatic carbocycles. The van der Waals surface area contributed by atoms with Gasteiger partial charge >= 0.3 is 0 Å². The Bertz CT molecular complexity index is 1090. The third-order valence-corrected chi connectivity index (χ3v) is 4.78. The molecular weight excluding hydrogens is 350 g/mol. The van der Waals surface area contributed by atoms with Crippen molar-refractivity contribution in [3.05, 3.63) is 83.4 Å². The van der Waals surface area contributed by atoms with Crippen LogP contribution >= 0.6 is 0 Å². The third kappa shape index (κ3) is 3.18. The molecule has 28 heavy (non-hydrogen) atoms. The predicted molar refractivity (Wildman–Crippen MR) is 114 cm³/mol. The van der Waals surface area contributed by atoms with E-state index in [4.69, 9.17) is 10.5 Å². The number of amides is 1. The van der Waals surface area contributed by atoms with Gasteiger partial charge in [0.05, 0.1) is 18.4 Å². The number of hydrogen-bond acceptors (Lipinski definition) is 4. The van der Waals surface area contributed by atoms with Gasteiger partial charge < -0.3 is 21.1 Å². The molecule has 140 valence electrons. The van der Waals surface area contributed by atoms with Crippen molar-refractivity contribution in [2.45, 2.75) is 6.92 Å². The average molecular weight is 371 g/mol. The lowest BCUT2D eigenvalue weighted by Gasteiger charge is -2.16. The summed E-state index contributed by atoms with van der Waals surface area (Å²) in [5.74, 6) is 0.619. The van der Waals surface area contributed by atoms with Crippen molar-refractivity contribution < 1.29 is 9.53 Å². The summed E-state index contributed by atoms with van der Waals surface area (Å²) >= 11 is 0. The van der Waals surface area contributed by atoms with Crippen molar-refractivity contribution in [2.24, 2.45) is 0 Å². The topological polar surface area (TPSA) is 76.4 Å². The molecule has 0 spiro atoms. The SMILES string of the molecule is COc1cc(NC(=C2C(=O)Nc3ccc(N)cc32)c2ccccc2)ccc1C. The van der Waals surface area contributed by atoms with Gasteiger partial charge in [0.2, 0.25) is 0 Å². The van der Waals surface area contributed by atoms with Gasteiger partial charge in [0, 0.05) is 28.7 Å². The number of aryl methyl sites for hydroxylation is 1. The summed E-state index contributed by atoms with van der Waals surface area (Å²) in [6.07, 6.45) is 0. The molecule has 5 nitrogen and oxygen atoms in total. The Morgan fingerprint density at radius 2 is 1.82 bits per heavy atom. The van der Waals surface area contributed by atoms with Gasteiger partial charge in [-0.2, -0.15) is 0 Å². The molecule has 4 N–H and O–H groups in total. The smallest absolute Gasteiger partial charge is 0.258 e.